The van der Waals surface area contributed by atoms with E-state index in [-0.39, 0.29) is 0 Å². The average Bonchev–Trinajstić information content (AvgIpc) is 2.54. The normalized spacial score (nSPS) is 24.6. The van der Waals surface area contributed by atoms with Gasteiger partial charge >= 0.3 is 0 Å². The van der Waals surface area contributed by atoms with E-state index >= 15 is 0 Å². The highest BCUT2D eigenvalue weighted by Gasteiger charge is 2.22. The molecule has 0 aliphatic carbocycles. The first-order valence-electron chi connectivity index (χ1n) is 9.07. The Balaban J connectivity index is 1.41. The first-order valence-corrected chi connectivity index (χ1v) is 9.07. The zero-order valence-corrected chi connectivity index (χ0v) is 14.3. The summed E-state index contributed by atoms with van der Waals surface area (Å²) in [5.74, 6) is 3.06. The van der Waals surface area contributed by atoms with Crippen molar-refractivity contribution >= 4 is 5.82 Å². The van der Waals surface area contributed by atoms with Gasteiger partial charge in [-0.15, -0.1) is 0 Å². The maximum atomic E-state index is 4.58. The van der Waals surface area contributed by atoms with Crippen molar-refractivity contribution in [3.8, 4) is 0 Å². The number of nitrogens with zero attached hydrogens (tertiary/aromatic N) is 3. The minimum atomic E-state index is 0.939. The second-order valence-electron chi connectivity index (χ2n) is 7.47. The molecule has 1 unspecified atom stereocenters. The van der Waals surface area contributed by atoms with Crippen molar-refractivity contribution in [2.45, 2.75) is 45.4 Å². The molecule has 0 N–H and O–H groups in total. The van der Waals surface area contributed by atoms with Crippen LogP contribution in [0.3, 0.4) is 0 Å². The number of likely N-dealkylation sites (tertiary alicyclic amines) is 1. The molecule has 3 rings (SSSR count). The molecule has 0 amide bonds. The van der Waals surface area contributed by atoms with Crippen molar-refractivity contribution in [3.63, 3.8) is 0 Å². The van der Waals surface area contributed by atoms with E-state index in [4.69, 9.17) is 0 Å². The minimum Gasteiger partial charge on any atom is -0.357 e. The molecule has 3 heteroatoms. The summed E-state index contributed by atoms with van der Waals surface area (Å²) >= 11 is 0. The fourth-order valence-electron chi connectivity index (χ4n) is 4.08. The van der Waals surface area contributed by atoms with Gasteiger partial charge in [0, 0.05) is 25.8 Å². The Kier molecular flexibility index (Phi) is 5.35. The zero-order chi connectivity index (χ0) is 15.4. The molecule has 1 aromatic heterocycles. The lowest BCUT2D eigenvalue weighted by Gasteiger charge is -2.34. The van der Waals surface area contributed by atoms with Crippen LogP contribution in [0, 0.1) is 18.8 Å². The summed E-state index contributed by atoms with van der Waals surface area (Å²) in [6.45, 7) is 7.10. The fourth-order valence-corrected chi connectivity index (χ4v) is 4.08. The third kappa shape index (κ3) is 4.22. The van der Waals surface area contributed by atoms with E-state index in [0.29, 0.717) is 0 Å². The van der Waals surface area contributed by atoms with E-state index in [1.54, 1.807) is 0 Å². The van der Waals surface area contributed by atoms with E-state index in [1.807, 2.05) is 6.20 Å². The lowest BCUT2D eigenvalue weighted by atomic mass is 9.86. The quantitative estimate of drug-likeness (QED) is 0.845. The van der Waals surface area contributed by atoms with Crippen LogP contribution in [0.4, 0.5) is 5.82 Å². The molecule has 0 bridgehead atoms. The third-order valence-corrected chi connectivity index (χ3v) is 5.54. The summed E-state index contributed by atoms with van der Waals surface area (Å²) < 4.78 is 0. The third-order valence-electron chi connectivity index (χ3n) is 5.54. The maximum Gasteiger partial charge on any atom is 0.128 e. The molecule has 22 heavy (non-hydrogen) atoms. The van der Waals surface area contributed by atoms with Gasteiger partial charge in [-0.25, -0.2) is 4.98 Å². The molecule has 0 radical (unpaired) electrons. The predicted molar refractivity (Wildman–Crippen MR) is 93.4 cm³/mol. The number of hydrogen-bond donors (Lipinski definition) is 0. The molecule has 0 spiro atoms. The number of aromatic nitrogens is 1. The summed E-state index contributed by atoms with van der Waals surface area (Å²) in [6.07, 6.45) is 10.4. The Morgan fingerprint density at radius 3 is 2.50 bits per heavy atom. The fraction of sp³-hybridized carbons (Fsp3) is 0.737. The number of hydrogen-bond acceptors (Lipinski definition) is 3. The molecular formula is C19H31N3. The molecule has 2 saturated heterocycles. The molecule has 1 atom stereocenters. The molecular weight excluding hydrogens is 270 g/mol. The Hall–Kier alpha value is -1.09. The Morgan fingerprint density at radius 2 is 1.82 bits per heavy atom. The van der Waals surface area contributed by atoms with Crippen LogP contribution in [0.2, 0.25) is 0 Å². The van der Waals surface area contributed by atoms with E-state index < -0.39 is 0 Å². The number of piperidine rings is 2. The monoisotopic (exact) mass is 301 g/mol. The van der Waals surface area contributed by atoms with Crippen molar-refractivity contribution in [2.75, 3.05) is 38.1 Å². The second-order valence-corrected chi connectivity index (χ2v) is 7.47. The molecule has 1 aromatic rings. The number of aryl methyl sites for hydroxylation is 1. The van der Waals surface area contributed by atoms with Crippen LogP contribution in [0.25, 0.3) is 0 Å². The van der Waals surface area contributed by atoms with Crippen molar-refractivity contribution in [3.05, 3.63) is 23.9 Å². The largest absolute Gasteiger partial charge is 0.357 e. The zero-order valence-electron chi connectivity index (χ0n) is 14.3. The van der Waals surface area contributed by atoms with Gasteiger partial charge in [0.2, 0.25) is 0 Å². The van der Waals surface area contributed by atoms with Crippen LogP contribution in [-0.4, -0.2) is 43.1 Å². The van der Waals surface area contributed by atoms with Gasteiger partial charge in [0.25, 0.3) is 0 Å². The van der Waals surface area contributed by atoms with Gasteiger partial charge in [0.15, 0.2) is 0 Å². The molecule has 2 aliphatic heterocycles. The Bertz CT molecular complexity index is 448. The number of pyridine rings is 1. The molecule has 3 heterocycles. The second kappa shape index (κ2) is 7.45. The maximum absolute atomic E-state index is 4.58. The van der Waals surface area contributed by atoms with E-state index in [9.17, 15) is 0 Å². The summed E-state index contributed by atoms with van der Waals surface area (Å²) in [7, 11) is 2.28. The minimum absolute atomic E-state index is 0.939. The first-order chi connectivity index (χ1) is 10.7. The van der Waals surface area contributed by atoms with Gasteiger partial charge in [0.05, 0.1) is 0 Å². The smallest absolute Gasteiger partial charge is 0.128 e. The van der Waals surface area contributed by atoms with Crippen LogP contribution < -0.4 is 4.90 Å². The first kappa shape index (κ1) is 15.8. The number of anilines is 1. The van der Waals surface area contributed by atoms with Gasteiger partial charge < -0.3 is 9.80 Å². The molecule has 0 aromatic carbocycles. The number of rotatable bonds is 4. The molecule has 2 aliphatic rings. The van der Waals surface area contributed by atoms with Gasteiger partial charge in [-0.05, 0) is 76.1 Å². The predicted octanol–water partition coefficient (Wildman–Crippen LogP) is 3.73. The van der Waals surface area contributed by atoms with E-state index in [1.165, 1.54) is 70.3 Å². The van der Waals surface area contributed by atoms with Crippen molar-refractivity contribution in [1.29, 1.82) is 0 Å². The standard InChI is InChI=1S/C19H31N3/c1-16-5-8-19(20-14-16)22-12-9-17(10-13-22)6-7-18-4-3-11-21(2)15-18/h5,8,14,17-18H,3-4,6-7,9-13,15H2,1-2H3. The van der Waals surface area contributed by atoms with E-state index in [0.717, 1.165) is 17.7 Å². The van der Waals surface area contributed by atoms with Gasteiger partial charge in [-0.2, -0.15) is 0 Å². The lowest BCUT2D eigenvalue weighted by Crippen LogP contribution is -2.35. The Morgan fingerprint density at radius 1 is 1.05 bits per heavy atom. The van der Waals surface area contributed by atoms with Gasteiger partial charge in [0.1, 0.15) is 5.82 Å². The Labute approximate surface area is 135 Å². The molecule has 122 valence electrons. The SMILES string of the molecule is Cc1ccc(N2CCC(CCC3CCCN(C)C3)CC2)nc1. The van der Waals surface area contributed by atoms with Crippen LogP contribution in [0.1, 0.15) is 44.1 Å². The lowest BCUT2D eigenvalue weighted by molar-refractivity contribution is 0.190. The van der Waals surface area contributed by atoms with Crippen LogP contribution in [-0.2, 0) is 0 Å². The van der Waals surface area contributed by atoms with Crippen LogP contribution in [0.15, 0.2) is 18.3 Å². The van der Waals surface area contributed by atoms with Crippen LogP contribution in [0.5, 0.6) is 0 Å². The molecule has 2 fully saturated rings. The molecule has 3 nitrogen and oxygen atoms in total. The topological polar surface area (TPSA) is 19.4 Å². The highest BCUT2D eigenvalue weighted by Crippen LogP contribution is 2.28. The highest BCUT2D eigenvalue weighted by atomic mass is 15.2. The molecule has 0 saturated carbocycles. The summed E-state index contributed by atoms with van der Waals surface area (Å²) in [6, 6.07) is 4.35. The average molecular weight is 301 g/mol. The van der Waals surface area contributed by atoms with Crippen molar-refractivity contribution in [1.82, 2.24) is 9.88 Å². The summed E-state index contributed by atoms with van der Waals surface area (Å²) in [5, 5.41) is 0. The summed E-state index contributed by atoms with van der Waals surface area (Å²) in [5.41, 5.74) is 1.25. The van der Waals surface area contributed by atoms with Gasteiger partial charge in [-0.3, -0.25) is 0 Å². The van der Waals surface area contributed by atoms with Gasteiger partial charge in [-0.1, -0.05) is 12.5 Å². The van der Waals surface area contributed by atoms with Crippen LogP contribution >= 0.6 is 0 Å². The van der Waals surface area contributed by atoms with Crippen molar-refractivity contribution in [2.24, 2.45) is 11.8 Å². The highest BCUT2D eigenvalue weighted by molar-refractivity contribution is 5.39. The van der Waals surface area contributed by atoms with E-state index in [2.05, 4.69) is 40.9 Å². The summed E-state index contributed by atoms with van der Waals surface area (Å²) in [4.78, 5) is 9.55. The van der Waals surface area contributed by atoms with Crippen molar-refractivity contribution < 1.29 is 0 Å².